The summed E-state index contributed by atoms with van der Waals surface area (Å²) in [5.41, 5.74) is 5.90. The van der Waals surface area contributed by atoms with E-state index in [-0.39, 0.29) is 6.23 Å². The topological polar surface area (TPSA) is 113 Å². The number of likely N-dealkylation sites (N-methyl/N-ethyl adjacent to an activating group) is 1. The van der Waals surface area contributed by atoms with E-state index in [1.807, 2.05) is 28.9 Å². The van der Waals surface area contributed by atoms with Gasteiger partial charge in [0.05, 0.1) is 28.7 Å². The number of hydrogen-bond donors (Lipinski definition) is 2. The number of benzene rings is 2. The Balaban J connectivity index is 1.10. The van der Waals surface area contributed by atoms with Crippen molar-refractivity contribution in [2.75, 3.05) is 88.9 Å². The van der Waals surface area contributed by atoms with Crippen LogP contribution in [0.2, 0.25) is 0 Å². The molecule has 0 spiro atoms. The number of aryl methyl sites for hydroxylation is 1. The maximum atomic E-state index is 13.7. The van der Waals surface area contributed by atoms with E-state index in [9.17, 15) is 4.57 Å². The number of piperidine rings is 1. The highest BCUT2D eigenvalue weighted by molar-refractivity contribution is 9.10. The molecule has 284 valence electrons. The van der Waals surface area contributed by atoms with Crippen LogP contribution in [0.3, 0.4) is 0 Å². The Morgan fingerprint density at radius 2 is 1.77 bits per heavy atom. The van der Waals surface area contributed by atoms with Crippen molar-refractivity contribution in [1.82, 2.24) is 29.5 Å². The van der Waals surface area contributed by atoms with Crippen molar-refractivity contribution < 1.29 is 14.0 Å². The van der Waals surface area contributed by atoms with Crippen molar-refractivity contribution in [3.8, 4) is 17.0 Å². The average Bonchev–Trinajstić information content (AvgIpc) is 3.67. The Kier molecular flexibility index (Phi) is 11.8. The van der Waals surface area contributed by atoms with Crippen molar-refractivity contribution in [3.63, 3.8) is 0 Å². The fourth-order valence-corrected chi connectivity index (χ4v) is 9.26. The molecule has 3 aliphatic heterocycles. The molecule has 1 atom stereocenters. The van der Waals surface area contributed by atoms with Gasteiger partial charge in [0.15, 0.2) is 6.23 Å². The van der Waals surface area contributed by atoms with E-state index in [1.54, 1.807) is 32.8 Å². The molecule has 14 heteroatoms. The van der Waals surface area contributed by atoms with Crippen LogP contribution in [0.4, 0.5) is 28.8 Å². The van der Waals surface area contributed by atoms with Crippen LogP contribution in [0.5, 0.6) is 5.75 Å². The fourth-order valence-electron chi connectivity index (χ4n) is 7.81. The summed E-state index contributed by atoms with van der Waals surface area (Å²) in [5, 5.41) is 12.2. The highest BCUT2D eigenvalue weighted by Crippen LogP contribution is 2.42. The fraction of sp³-hybridized carbons (Fsp3) is 0.513. The monoisotopic (exact) mass is 805 g/mol. The first-order valence-electron chi connectivity index (χ1n) is 18.9. The number of ether oxygens (including phenoxy) is 2. The van der Waals surface area contributed by atoms with Gasteiger partial charge in [-0.2, -0.15) is 10.1 Å². The van der Waals surface area contributed by atoms with Gasteiger partial charge in [0, 0.05) is 86.9 Å². The second-order valence-electron chi connectivity index (χ2n) is 14.8. The third-order valence-corrected chi connectivity index (χ3v) is 13.0. The lowest BCUT2D eigenvalue weighted by atomic mass is 9.99. The molecule has 4 aromatic rings. The van der Waals surface area contributed by atoms with Crippen molar-refractivity contribution in [3.05, 3.63) is 58.8 Å². The first kappa shape index (κ1) is 37.8. The molecule has 0 radical (unpaired) electrons. The maximum absolute atomic E-state index is 13.7. The van der Waals surface area contributed by atoms with Crippen LogP contribution in [0.15, 0.2) is 53.3 Å². The summed E-state index contributed by atoms with van der Waals surface area (Å²) in [4.78, 5) is 17.1. The third-order valence-electron chi connectivity index (χ3n) is 10.9. The molecule has 2 aromatic heterocycles. The van der Waals surface area contributed by atoms with Crippen molar-refractivity contribution >= 4 is 57.2 Å². The minimum absolute atomic E-state index is 0.0963. The van der Waals surface area contributed by atoms with Crippen LogP contribution >= 0.6 is 23.1 Å². The summed E-state index contributed by atoms with van der Waals surface area (Å²) < 4.78 is 28.3. The van der Waals surface area contributed by atoms with Gasteiger partial charge in [0.25, 0.3) is 0 Å². The highest BCUT2D eigenvalue weighted by atomic mass is 79.9. The maximum Gasteiger partial charge on any atom is 0.229 e. The molecule has 3 saturated heterocycles. The molecule has 12 nitrogen and oxygen atoms in total. The quantitative estimate of drug-likeness (QED) is 0.149. The number of methoxy groups -OCH3 is 1. The molecule has 2 N–H and O–H groups in total. The summed E-state index contributed by atoms with van der Waals surface area (Å²) in [7, 11) is 1.20. The van der Waals surface area contributed by atoms with E-state index < -0.39 is 7.14 Å². The smallest absolute Gasteiger partial charge is 0.229 e. The summed E-state index contributed by atoms with van der Waals surface area (Å²) in [6.07, 6.45) is 9.76. The van der Waals surface area contributed by atoms with Gasteiger partial charge >= 0.3 is 0 Å². The number of rotatable bonds is 11. The van der Waals surface area contributed by atoms with Crippen molar-refractivity contribution in [2.24, 2.45) is 0 Å². The Morgan fingerprint density at radius 1 is 0.981 bits per heavy atom. The van der Waals surface area contributed by atoms with Crippen molar-refractivity contribution in [1.29, 1.82) is 0 Å². The molecule has 0 amide bonds. The molecule has 3 fully saturated rings. The molecule has 7 rings (SSSR count). The number of aromatic nitrogens is 4. The lowest BCUT2D eigenvalue weighted by Gasteiger charge is -2.43. The Bertz CT molecular complexity index is 1930. The second-order valence-corrected chi connectivity index (χ2v) is 18.8. The normalized spacial score (nSPS) is 19.4. The van der Waals surface area contributed by atoms with Crippen LogP contribution in [-0.2, 0) is 15.7 Å². The van der Waals surface area contributed by atoms with E-state index in [4.69, 9.17) is 14.5 Å². The van der Waals surface area contributed by atoms with Gasteiger partial charge in [0.2, 0.25) is 5.95 Å². The third kappa shape index (κ3) is 8.60. The minimum atomic E-state index is -2.72. The zero-order chi connectivity index (χ0) is 37.1. The van der Waals surface area contributed by atoms with E-state index >= 15 is 0 Å². The molecule has 0 saturated carbocycles. The van der Waals surface area contributed by atoms with E-state index in [2.05, 4.69) is 77.5 Å². The largest absolute Gasteiger partial charge is 0.494 e. The van der Waals surface area contributed by atoms with Gasteiger partial charge in [-0.3, -0.25) is 4.90 Å². The van der Waals surface area contributed by atoms with Gasteiger partial charge in [-0.25, -0.2) is 9.67 Å². The minimum Gasteiger partial charge on any atom is -0.494 e. The van der Waals surface area contributed by atoms with Crippen molar-refractivity contribution in [2.45, 2.75) is 57.7 Å². The van der Waals surface area contributed by atoms with E-state index in [0.717, 1.165) is 92.2 Å². The summed E-state index contributed by atoms with van der Waals surface area (Å²) >= 11 is 3.64. The number of hydrogen-bond acceptors (Lipinski definition) is 11. The molecule has 5 heterocycles. The van der Waals surface area contributed by atoms with E-state index in [0.29, 0.717) is 22.3 Å². The molecule has 2 aromatic carbocycles. The summed E-state index contributed by atoms with van der Waals surface area (Å²) in [5.74, 6) is 1.72. The first-order valence-corrected chi connectivity index (χ1v) is 22.3. The Hall–Kier alpha value is -3.48. The zero-order valence-corrected chi connectivity index (χ0v) is 34.1. The lowest BCUT2D eigenvalue weighted by molar-refractivity contribution is -0.0383. The molecular weight excluding hydrogens is 753 g/mol. The molecular formula is C39H53BrN9O3P. The Labute approximate surface area is 322 Å². The molecule has 0 aliphatic carbocycles. The number of halogens is 1. The predicted octanol–water partition coefficient (Wildman–Crippen LogP) is 7.32. The van der Waals surface area contributed by atoms with E-state index in [1.165, 1.54) is 37.2 Å². The number of nitrogens with zero attached hydrogens (tertiary/aromatic N) is 7. The predicted molar refractivity (Wildman–Crippen MR) is 219 cm³/mol. The Morgan fingerprint density at radius 3 is 2.47 bits per heavy atom. The summed E-state index contributed by atoms with van der Waals surface area (Å²) in [6.45, 7) is 13.2. The zero-order valence-electron chi connectivity index (χ0n) is 31.6. The number of piperazine rings is 1. The highest BCUT2D eigenvalue weighted by Gasteiger charge is 2.28. The second kappa shape index (κ2) is 16.5. The van der Waals surface area contributed by atoms with Crippen LogP contribution in [0.1, 0.15) is 50.8 Å². The number of nitrogens with one attached hydrogen (secondary N) is 2. The number of anilines is 5. The summed E-state index contributed by atoms with van der Waals surface area (Å²) in [6, 6.07) is 13.0. The first-order chi connectivity index (χ1) is 25.6. The van der Waals surface area contributed by atoms with Crippen LogP contribution in [-0.4, -0.2) is 109 Å². The SMILES string of the molecule is CCc1cc(Nc2ncc(Br)c(Nc3ccc(-c4ccnn4C4CCCCO4)cc3P(C)(C)=O)n2)c(OC)cc1N1CCC(N2CCN(C)CC2)CC1. The lowest BCUT2D eigenvalue weighted by Crippen LogP contribution is -2.52. The molecule has 1 unspecified atom stereocenters. The van der Waals surface area contributed by atoms with Gasteiger partial charge < -0.3 is 34.5 Å². The standard InChI is InChI=1S/C39H53BrN9O3P/c1-6-27-23-32(35(51-3)25-34(27)48-16-13-29(14-17-48)47-20-18-46(2)19-21-47)44-39-41-26-30(40)38(45-39)43-31-11-10-28(24-36(31)53(4,5)50)33-12-15-42-49(33)37-9-7-8-22-52-37/h10-12,15,23-26,29,37H,6-9,13-14,16-22H2,1-5H3,(H2,41,43,44,45). The van der Waals surface area contributed by atoms with Gasteiger partial charge in [0.1, 0.15) is 18.7 Å². The van der Waals surface area contributed by atoms with Crippen LogP contribution in [0, 0.1) is 0 Å². The van der Waals surface area contributed by atoms with Crippen LogP contribution in [0.25, 0.3) is 11.3 Å². The van der Waals surface area contributed by atoms with Crippen LogP contribution < -0.4 is 25.6 Å². The molecule has 3 aliphatic rings. The molecule has 0 bridgehead atoms. The van der Waals surface area contributed by atoms with Gasteiger partial charge in [-0.1, -0.05) is 13.0 Å². The molecule has 53 heavy (non-hydrogen) atoms. The van der Waals surface area contributed by atoms with Gasteiger partial charge in [-0.15, -0.1) is 0 Å². The average molecular weight is 807 g/mol. The van der Waals surface area contributed by atoms with Gasteiger partial charge in [-0.05, 0) is 105 Å².